The molecule has 8 heteroatoms. The quantitative estimate of drug-likeness (QED) is 0.295. The van der Waals surface area contributed by atoms with Crippen LogP contribution in [0.1, 0.15) is 79.4 Å². The summed E-state index contributed by atoms with van der Waals surface area (Å²) in [5.74, 6) is 0.536. The van der Waals surface area contributed by atoms with E-state index >= 15 is 4.39 Å². The molecule has 3 aromatic carbocycles. The number of hydrogen-bond donors (Lipinski definition) is 2. The van der Waals surface area contributed by atoms with Crippen molar-refractivity contribution in [1.82, 2.24) is 0 Å². The molecule has 0 saturated heterocycles. The molecule has 2 aliphatic rings. The van der Waals surface area contributed by atoms with Crippen molar-refractivity contribution in [3.8, 4) is 29.1 Å². The minimum atomic E-state index is -0.877. The molecule has 2 atom stereocenters. The van der Waals surface area contributed by atoms with E-state index in [1.54, 1.807) is 44.2 Å². The maximum absolute atomic E-state index is 15.1. The Bertz CT molecular complexity index is 1470. The Morgan fingerprint density at radius 2 is 1.98 bits per heavy atom. The molecular weight excluding hydrogens is 513 g/mol. The molecule has 2 N–H and O–H groups in total. The third-order valence-corrected chi connectivity index (χ3v) is 7.44. The highest BCUT2D eigenvalue weighted by Gasteiger charge is 2.32. The third-order valence-electron chi connectivity index (χ3n) is 7.44. The summed E-state index contributed by atoms with van der Waals surface area (Å²) < 4.78 is 33.1. The van der Waals surface area contributed by atoms with Crippen molar-refractivity contribution in [2.45, 2.75) is 70.0 Å². The fraction of sp³-hybridized carbons (Fsp3) is 0.375. The van der Waals surface area contributed by atoms with Crippen LogP contribution in [0.5, 0.6) is 23.0 Å². The number of benzene rings is 3. The van der Waals surface area contributed by atoms with Gasteiger partial charge in [-0.15, -0.1) is 0 Å². The average Bonchev–Trinajstić information content (AvgIpc) is 3.50. The fourth-order valence-corrected chi connectivity index (χ4v) is 5.48. The van der Waals surface area contributed by atoms with Crippen molar-refractivity contribution in [2.24, 2.45) is 0 Å². The van der Waals surface area contributed by atoms with Crippen LogP contribution in [0.4, 0.5) is 4.39 Å². The molecule has 40 heavy (non-hydrogen) atoms. The van der Waals surface area contributed by atoms with Crippen LogP contribution < -0.4 is 14.2 Å². The van der Waals surface area contributed by atoms with Crippen LogP contribution in [0, 0.1) is 17.1 Å². The van der Waals surface area contributed by atoms with Crippen LogP contribution in [-0.2, 0) is 17.6 Å². The standard InChI is InChI=1S/C32H32FNO6/c1-32(2,37)13-3-4-19-5-10-26(20(14-19)17-34)40-27-12-9-25(33)31-24(27)8-11-28(31)39-22-6-7-23-21(15-30(35)36)18-38-29(23)16-22/h5-7,9-10,12,14,16,21,28,37H,3-4,8,11,13,15,18H2,1-2H3,(H,35,36)/t21-,28-/m1/s1. The van der Waals surface area contributed by atoms with Crippen molar-refractivity contribution in [1.29, 1.82) is 5.26 Å². The second-order valence-corrected chi connectivity index (χ2v) is 11.1. The zero-order valence-electron chi connectivity index (χ0n) is 22.6. The molecule has 0 radical (unpaired) electrons. The number of halogens is 1. The number of rotatable bonds is 10. The van der Waals surface area contributed by atoms with E-state index in [1.807, 2.05) is 12.1 Å². The number of nitriles is 1. The highest BCUT2D eigenvalue weighted by atomic mass is 19.1. The van der Waals surface area contributed by atoms with Crippen molar-refractivity contribution >= 4 is 5.97 Å². The lowest BCUT2D eigenvalue weighted by Crippen LogP contribution is -2.18. The first-order valence-electron chi connectivity index (χ1n) is 13.5. The van der Waals surface area contributed by atoms with Crippen molar-refractivity contribution in [3.05, 3.63) is 82.2 Å². The van der Waals surface area contributed by atoms with Gasteiger partial charge in [-0.1, -0.05) is 12.1 Å². The number of nitrogens with zero attached hydrogens (tertiary/aromatic N) is 1. The first-order valence-corrected chi connectivity index (χ1v) is 13.5. The molecule has 0 fully saturated rings. The van der Waals surface area contributed by atoms with E-state index in [-0.39, 0.29) is 18.2 Å². The van der Waals surface area contributed by atoms with Gasteiger partial charge in [0.1, 0.15) is 41.0 Å². The molecule has 0 saturated carbocycles. The molecule has 0 unspecified atom stereocenters. The SMILES string of the molecule is CC(C)(O)CCCc1ccc(Oc2ccc(F)c3c2CC[C@H]3Oc2ccc3c(c2)OC[C@H]3CC(=O)O)c(C#N)c1. The zero-order chi connectivity index (χ0) is 28.4. The lowest BCUT2D eigenvalue weighted by Gasteiger charge is -2.18. The summed E-state index contributed by atoms with van der Waals surface area (Å²) in [5.41, 5.74) is 2.62. The normalized spacial score (nSPS) is 17.5. The van der Waals surface area contributed by atoms with Crippen LogP contribution >= 0.6 is 0 Å². The zero-order valence-corrected chi connectivity index (χ0v) is 22.6. The number of aryl methyl sites for hydroxylation is 1. The Kier molecular flexibility index (Phi) is 7.68. The third kappa shape index (κ3) is 6.05. The molecule has 0 spiro atoms. The summed E-state index contributed by atoms with van der Waals surface area (Å²) in [6, 6.07) is 15.9. The van der Waals surface area contributed by atoms with E-state index in [0.717, 1.165) is 24.0 Å². The van der Waals surface area contributed by atoms with Gasteiger partial charge in [0.25, 0.3) is 0 Å². The summed E-state index contributed by atoms with van der Waals surface area (Å²) in [4.78, 5) is 11.1. The number of carboxylic acid groups (broad SMARTS) is 1. The first-order chi connectivity index (χ1) is 19.1. The van der Waals surface area contributed by atoms with Gasteiger partial charge in [0, 0.05) is 28.7 Å². The Morgan fingerprint density at radius 1 is 1.18 bits per heavy atom. The summed E-state index contributed by atoms with van der Waals surface area (Å²) in [5, 5.41) is 28.8. The van der Waals surface area contributed by atoms with Crippen LogP contribution in [-0.4, -0.2) is 28.4 Å². The largest absolute Gasteiger partial charge is 0.492 e. The molecule has 1 heterocycles. The number of aliphatic carboxylic acids is 1. The number of ether oxygens (including phenoxy) is 3. The predicted molar refractivity (Wildman–Crippen MR) is 145 cm³/mol. The van der Waals surface area contributed by atoms with Crippen LogP contribution in [0.15, 0.2) is 48.5 Å². The van der Waals surface area contributed by atoms with E-state index in [1.165, 1.54) is 6.07 Å². The van der Waals surface area contributed by atoms with Gasteiger partial charge in [0.15, 0.2) is 0 Å². The van der Waals surface area contributed by atoms with Crippen LogP contribution in [0.2, 0.25) is 0 Å². The monoisotopic (exact) mass is 545 g/mol. The molecule has 1 aliphatic carbocycles. The second-order valence-electron chi connectivity index (χ2n) is 11.1. The fourth-order valence-electron chi connectivity index (χ4n) is 5.48. The Morgan fingerprint density at radius 3 is 2.73 bits per heavy atom. The van der Waals surface area contributed by atoms with Crippen molar-refractivity contribution in [2.75, 3.05) is 6.61 Å². The van der Waals surface area contributed by atoms with Gasteiger partial charge in [-0.3, -0.25) is 4.79 Å². The van der Waals surface area contributed by atoms with E-state index in [4.69, 9.17) is 19.3 Å². The Hall–Kier alpha value is -4.09. The molecule has 3 aromatic rings. The van der Waals surface area contributed by atoms with Crippen LogP contribution in [0.3, 0.4) is 0 Å². The highest BCUT2D eigenvalue weighted by Crippen LogP contribution is 2.44. The molecule has 5 rings (SSSR count). The molecule has 0 aromatic heterocycles. The average molecular weight is 546 g/mol. The lowest BCUT2D eigenvalue weighted by molar-refractivity contribution is -0.137. The summed E-state index contributed by atoms with van der Waals surface area (Å²) in [6.07, 6.45) is 2.75. The Labute approximate surface area is 232 Å². The molecular formula is C32H32FNO6. The van der Waals surface area contributed by atoms with Gasteiger partial charge >= 0.3 is 5.97 Å². The van der Waals surface area contributed by atoms with Crippen molar-refractivity contribution in [3.63, 3.8) is 0 Å². The minimum Gasteiger partial charge on any atom is -0.492 e. The number of carbonyl (C=O) groups is 1. The summed E-state index contributed by atoms with van der Waals surface area (Å²) in [6.45, 7) is 3.86. The molecule has 1 aliphatic heterocycles. The number of carboxylic acids is 1. The van der Waals surface area contributed by atoms with Gasteiger partial charge in [0.2, 0.25) is 0 Å². The molecule has 208 valence electrons. The number of aliphatic hydroxyl groups is 1. The smallest absolute Gasteiger partial charge is 0.304 e. The van der Waals surface area contributed by atoms with E-state index < -0.39 is 17.7 Å². The number of hydrogen-bond acceptors (Lipinski definition) is 6. The first kappa shape index (κ1) is 27.5. The van der Waals surface area contributed by atoms with Gasteiger partial charge in [-0.25, -0.2) is 4.39 Å². The topological polar surface area (TPSA) is 109 Å². The molecule has 0 amide bonds. The van der Waals surface area contributed by atoms with Gasteiger partial charge < -0.3 is 24.4 Å². The van der Waals surface area contributed by atoms with Gasteiger partial charge in [0.05, 0.1) is 24.2 Å². The second kappa shape index (κ2) is 11.2. The summed E-state index contributed by atoms with van der Waals surface area (Å²) >= 11 is 0. The molecule has 0 bridgehead atoms. The summed E-state index contributed by atoms with van der Waals surface area (Å²) in [7, 11) is 0. The van der Waals surface area contributed by atoms with E-state index in [2.05, 4.69) is 6.07 Å². The number of fused-ring (bicyclic) bond motifs is 2. The maximum Gasteiger partial charge on any atom is 0.304 e. The van der Waals surface area contributed by atoms with Crippen LogP contribution in [0.25, 0.3) is 0 Å². The minimum absolute atomic E-state index is 0.00447. The maximum atomic E-state index is 15.1. The van der Waals surface area contributed by atoms with E-state index in [9.17, 15) is 15.2 Å². The van der Waals surface area contributed by atoms with Crippen molar-refractivity contribution < 1.29 is 33.6 Å². The molecule has 7 nitrogen and oxygen atoms in total. The van der Waals surface area contributed by atoms with Gasteiger partial charge in [-0.2, -0.15) is 5.26 Å². The lowest BCUT2D eigenvalue weighted by atomic mass is 9.98. The predicted octanol–water partition coefficient (Wildman–Crippen LogP) is 6.60. The van der Waals surface area contributed by atoms with Gasteiger partial charge in [-0.05, 0) is 81.8 Å². The van der Waals surface area contributed by atoms with E-state index in [0.29, 0.717) is 65.6 Å². The Balaban J connectivity index is 1.32. The highest BCUT2D eigenvalue weighted by molar-refractivity contribution is 5.69.